The number of benzene rings is 1. The molecule has 0 saturated carbocycles. The minimum atomic E-state index is -0.829. The van der Waals surface area contributed by atoms with Gasteiger partial charge in [0.05, 0.1) is 0 Å². The maximum absolute atomic E-state index is 12.5. The van der Waals surface area contributed by atoms with Gasteiger partial charge in [-0.3, -0.25) is 10.1 Å². The van der Waals surface area contributed by atoms with Crippen molar-refractivity contribution in [2.75, 3.05) is 13.2 Å². The van der Waals surface area contributed by atoms with Gasteiger partial charge in [-0.2, -0.15) is 0 Å². The zero-order valence-electron chi connectivity index (χ0n) is 15.9. The molecule has 10 nitrogen and oxygen atoms in total. The van der Waals surface area contributed by atoms with Crippen LogP contribution in [0, 0.1) is 5.92 Å². The molecule has 0 fully saturated rings. The number of ether oxygens (including phenoxy) is 1. The predicted molar refractivity (Wildman–Crippen MR) is 99.0 cm³/mol. The largest absolute Gasteiger partial charge is 0.454 e. The predicted octanol–water partition coefficient (Wildman–Crippen LogP) is 0.872. The summed E-state index contributed by atoms with van der Waals surface area (Å²) < 4.78 is 6.33. The van der Waals surface area contributed by atoms with E-state index in [9.17, 15) is 14.4 Å². The smallest absolute Gasteiger partial charge is 0.331 e. The molecule has 28 heavy (non-hydrogen) atoms. The zero-order chi connectivity index (χ0) is 20.4. The molecular formula is C18H24N6O4. The highest BCUT2D eigenvalue weighted by atomic mass is 16.5. The Morgan fingerprint density at radius 1 is 1.18 bits per heavy atom. The number of esters is 1. The number of carbonyl (C=O) groups excluding carboxylic acids is 3. The first-order chi connectivity index (χ1) is 13.5. The molecule has 0 radical (unpaired) electrons. The van der Waals surface area contributed by atoms with Crippen LogP contribution >= 0.6 is 0 Å². The van der Waals surface area contributed by atoms with Crippen LogP contribution < -0.4 is 10.6 Å². The summed E-state index contributed by atoms with van der Waals surface area (Å²) in [5.41, 5.74) is 0.883. The molecule has 2 rings (SSSR count). The molecule has 2 N–H and O–H groups in total. The first kappa shape index (κ1) is 21.0. The summed E-state index contributed by atoms with van der Waals surface area (Å²) in [6, 6.07) is 7.83. The number of rotatable bonds is 9. The third kappa shape index (κ3) is 7.14. The van der Waals surface area contributed by atoms with Crippen LogP contribution in [0.4, 0.5) is 4.79 Å². The third-order valence-electron chi connectivity index (χ3n) is 3.83. The van der Waals surface area contributed by atoms with Crippen LogP contribution in [0.15, 0.2) is 36.7 Å². The summed E-state index contributed by atoms with van der Waals surface area (Å²) in [7, 11) is 0. The van der Waals surface area contributed by atoms with E-state index in [1.807, 2.05) is 44.2 Å². The Hall–Kier alpha value is -3.30. The van der Waals surface area contributed by atoms with Gasteiger partial charge in [-0.05, 0) is 28.3 Å². The van der Waals surface area contributed by atoms with Crippen molar-refractivity contribution in [1.82, 2.24) is 30.8 Å². The van der Waals surface area contributed by atoms with Crippen molar-refractivity contribution < 1.29 is 19.1 Å². The molecule has 0 aliphatic rings. The Kier molecular flexibility index (Phi) is 8.07. The van der Waals surface area contributed by atoms with E-state index in [0.717, 1.165) is 12.0 Å². The van der Waals surface area contributed by atoms with E-state index in [0.29, 0.717) is 18.9 Å². The Labute approximate surface area is 162 Å². The van der Waals surface area contributed by atoms with Crippen molar-refractivity contribution in [3.63, 3.8) is 0 Å². The second-order valence-corrected chi connectivity index (χ2v) is 6.59. The van der Waals surface area contributed by atoms with E-state index in [-0.39, 0.29) is 0 Å². The number of hydrogen-bond donors (Lipinski definition) is 2. The monoisotopic (exact) mass is 388 g/mol. The van der Waals surface area contributed by atoms with Crippen molar-refractivity contribution in [1.29, 1.82) is 0 Å². The Balaban J connectivity index is 1.86. The van der Waals surface area contributed by atoms with Crippen LogP contribution in [0.5, 0.6) is 0 Å². The van der Waals surface area contributed by atoms with Crippen LogP contribution in [0.3, 0.4) is 0 Å². The Morgan fingerprint density at radius 3 is 2.57 bits per heavy atom. The van der Waals surface area contributed by atoms with Crippen LogP contribution in [-0.2, 0) is 20.7 Å². The molecule has 0 saturated heterocycles. The molecule has 0 unspecified atom stereocenters. The van der Waals surface area contributed by atoms with Gasteiger partial charge in [-0.15, -0.1) is 5.10 Å². The number of urea groups is 1. The molecule has 2 aromatic rings. The molecular weight excluding hydrogens is 364 g/mol. The number of nitrogens with zero attached hydrogens (tertiary/aromatic N) is 4. The van der Waals surface area contributed by atoms with Crippen LogP contribution in [0.25, 0.3) is 0 Å². The van der Waals surface area contributed by atoms with Crippen molar-refractivity contribution in [3.05, 3.63) is 42.2 Å². The maximum Gasteiger partial charge on any atom is 0.331 e. The minimum absolute atomic E-state index is 0.294. The number of aromatic nitrogens is 4. The number of imide groups is 1. The van der Waals surface area contributed by atoms with Gasteiger partial charge in [0.15, 0.2) is 12.6 Å². The third-order valence-corrected chi connectivity index (χ3v) is 3.83. The van der Waals surface area contributed by atoms with Gasteiger partial charge in [0.25, 0.3) is 5.91 Å². The van der Waals surface area contributed by atoms with E-state index in [1.54, 1.807) is 0 Å². The van der Waals surface area contributed by atoms with E-state index in [4.69, 9.17) is 4.74 Å². The van der Waals surface area contributed by atoms with Gasteiger partial charge in [0.2, 0.25) is 0 Å². The van der Waals surface area contributed by atoms with Gasteiger partial charge in [0.1, 0.15) is 6.33 Å². The Morgan fingerprint density at radius 2 is 1.93 bits per heavy atom. The van der Waals surface area contributed by atoms with Crippen LogP contribution in [-0.4, -0.2) is 51.3 Å². The summed E-state index contributed by atoms with van der Waals surface area (Å²) in [6.45, 7) is 3.93. The molecule has 0 aliphatic heterocycles. The molecule has 1 atom stereocenters. The quantitative estimate of drug-likeness (QED) is 0.610. The molecule has 0 bridgehead atoms. The van der Waals surface area contributed by atoms with Crippen molar-refractivity contribution in [2.24, 2.45) is 5.92 Å². The average molecular weight is 388 g/mol. The maximum atomic E-state index is 12.5. The van der Waals surface area contributed by atoms with Gasteiger partial charge in [0, 0.05) is 13.0 Å². The van der Waals surface area contributed by atoms with E-state index < -0.39 is 30.6 Å². The second-order valence-electron chi connectivity index (χ2n) is 6.59. The molecule has 1 aromatic carbocycles. The van der Waals surface area contributed by atoms with Crippen molar-refractivity contribution in [3.8, 4) is 0 Å². The number of amides is 3. The van der Waals surface area contributed by atoms with Gasteiger partial charge >= 0.3 is 12.0 Å². The first-order valence-corrected chi connectivity index (χ1v) is 8.96. The van der Waals surface area contributed by atoms with Gasteiger partial charge in [-0.1, -0.05) is 44.2 Å². The summed E-state index contributed by atoms with van der Waals surface area (Å²) >= 11 is 0. The van der Waals surface area contributed by atoms with Crippen molar-refractivity contribution >= 4 is 17.9 Å². The fourth-order valence-electron chi connectivity index (χ4n) is 2.35. The summed E-state index contributed by atoms with van der Waals surface area (Å²) in [4.78, 5) is 35.9. The van der Waals surface area contributed by atoms with Gasteiger partial charge < -0.3 is 10.1 Å². The highest BCUT2D eigenvalue weighted by Gasteiger charge is 2.25. The lowest BCUT2D eigenvalue weighted by atomic mass is 10.1. The lowest BCUT2D eigenvalue weighted by Gasteiger charge is -2.15. The summed E-state index contributed by atoms with van der Waals surface area (Å²) in [6.07, 6.45) is 2.39. The SMILES string of the molecule is CC(C)CCNC(=O)NC(=O)COC(=O)[C@H](Cc1ccccc1)n1cnnn1. The Bertz CT molecular complexity index is 764. The fourth-order valence-corrected chi connectivity index (χ4v) is 2.35. The van der Waals surface area contributed by atoms with Crippen LogP contribution in [0.2, 0.25) is 0 Å². The van der Waals surface area contributed by atoms with Gasteiger partial charge in [-0.25, -0.2) is 14.3 Å². The van der Waals surface area contributed by atoms with Crippen LogP contribution in [0.1, 0.15) is 31.9 Å². The number of hydrogen-bond acceptors (Lipinski definition) is 7. The van der Waals surface area contributed by atoms with Crippen molar-refractivity contribution in [2.45, 2.75) is 32.7 Å². The lowest BCUT2D eigenvalue weighted by Crippen LogP contribution is -2.42. The topological polar surface area (TPSA) is 128 Å². The molecule has 0 spiro atoms. The molecule has 150 valence electrons. The minimum Gasteiger partial charge on any atom is -0.454 e. The van der Waals surface area contributed by atoms with E-state index in [2.05, 4.69) is 26.2 Å². The average Bonchev–Trinajstić information content (AvgIpc) is 3.19. The molecule has 10 heteroatoms. The molecule has 3 amide bonds. The highest BCUT2D eigenvalue weighted by molar-refractivity contribution is 5.95. The number of tetrazole rings is 1. The normalized spacial score (nSPS) is 11.7. The molecule has 1 aromatic heterocycles. The second kappa shape index (κ2) is 10.8. The summed E-state index contributed by atoms with van der Waals surface area (Å²) in [5.74, 6) is -0.957. The number of nitrogens with one attached hydrogen (secondary N) is 2. The van der Waals surface area contributed by atoms with E-state index >= 15 is 0 Å². The first-order valence-electron chi connectivity index (χ1n) is 8.96. The van der Waals surface area contributed by atoms with E-state index in [1.165, 1.54) is 11.0 Å². The molecule has 0 aliphatic carbocycles. The zero-order valence-corrected chi connectivity index (χ0v) is 15.9. The summed E-state index contributed by atoms with van der Waals surface area (Å²) in [5, 5.41) is 15.5. The molecule has 1 heterocycles. The fraction of sp³-hybridized carbons (Fsp3) is 0.444. The lowest BCUT2D eigenvalue weighted by molar-refractivity contribution is -0.152. The standard InChI is InChI=1S/C18H24N6O4/c1-13(2)8-9-19-18(27)21-16(25)11-28-17(26)15(24-12-20-22-23-24)10-14-6-4-3-5-7-14/h3-7,12-13,15H,8-11H2,1-2H3,(H2,19,21,25,27)/t15-/m0/s1. The number of carbonyl (C=O) groups is 3. The highest BCUT2D eigenvalue weighted by Crippen LogP contribution is 2.14.